The molecule has 19 heavy (non-hydrogen) atoms. The van der Waals surface area contributed by atoms with Crippen molar-refractivity contribution in [1.82, 2.24) is 5.32 Å². The van der Waals surface area contributed by atoms with E-state index < -0.39 is 30.0 Å². The van der Waals surface area contributed by atoms with Gasteiger partial charge in [0.2, 0.25) is 0 Å². The molecule has 2 fully saturated rings. The van der Waals surface area contributed by atoms with Crippen LogP contribution in [-0.4, -0.2) is 41.8 Å². The monoisotopic (exact) mass is 277 g/mol. The van der Waals surface area contributed by atoms with Gasteiger partial charge < -0.3 is 15.2 Å². The molecular weight excluding hydrogens is 256 g/mol. The topological polar surface area (TPSA) is 58.6 Å². The Morgan fingerprint density at radius 3 is 2.42 bits per heavy atom. The number of carbonyl (C=O) groups is 1. The number of rotatable bonds is 4. The normalized spacial score (nSPS) is 29.8. The largest absolute Gasteiger partial charge is 0.456 e. The Morgan fingerprint density at radius 1 is 1.26 bits per heavy atom. The number of aliphatic hydroxyl groups is 1. The van der Waals surface area contributed by atoms with Gasteiger partial charge in [-0.05, 0) is 12.8 Å². The Hall–Kier alpha value is -0.750. The Labute approximate surface area is 111 Å². The maximum atomic E-state index is 12.9. The van der Waals surface area contributed by atoms with Crippen molar-refractivity contribution in [1.29, 1.82) is 0 Å². The highest BCUT2D eigenvalue weighted by Crippen LogP contribution is 2.31. The first-order valence-electron chi connectivity index (χ1n) is 6.93. The van der Waals surface area contributed by atoms with E-state index in [-0.39, 0.29) is 6.54 Å². The predicted molar refractivity (Wildman–Crippen MR) is 65.0 cm³/mol. The summed E-state index contributed by atoms with van der Waals surface area (Å²) < 4.78 is 30.5. The molecule has 0 radical (unpaired) electrons. The highest BCUT2D eigenvalue weighted by atomic mass is 19.3. The molecule has 1 saturated carbocycles. The van der Waals surface area contributed by atoms with Crippen molar-refractivity contribution < 1.29 is 23.4 Å². The van der Waals surface area contributed by atoms with Crippen LogP contribution < -0.4 is 5.32 Å². The third-order valence-corrected chi connectivity index (χ3v) is 3.92. The van der Waals surface area contributed by atoms with Crippen molar-refractivity contribution in [2.45, 2.75) is 62.6 Å². The Morgan fingerprint density at radius 2 is 1.89 bits per heavy atom. The van der Waals surface area contributed by atoms with E-state index in [2.05, 4.69) is 10.1 Å². The van der Waals surface area contributed by atoms with Crippen LogP contribution in [0, 0.1) is 0 Å². The molecule has 0 amide bonds. The van der Waals surface area contributed by atoms with E-state index in [1.54, 1.807) is 0 Å². The van der Waals surface area contributed by atoms with Gasteiger partial charge in [0.25, 0.3) is 0 Å². The maximum Gasteiger partial charge on any atom is 0.377 e. The highest BCUT2D eigenvalue weighted by molar-refractivity contribution is 5.79. The second kappa shape index (κ2) is 5.71. The van der Waals surface area contributed by atoms with E-state index in [9.17, 15) is 18.7 Å². The van der Waals surface area contributed by atoms with Gasteiger partial charge in [0, 0.05) is 13.1 Å². The van der Waals surface area contributed by atoms with Crippen LogP contribution in [0.3, 0.4) is 0 Å². The van der Waals surface area contributed by atoms with Crippen molar-refractivity contribution in [3.63, 3.8) is 0 Å². The van der Waals surface area contributed by atoms with E-state index >= 15 is 0 Å². The zero-order chi connectivity index (χ0) is 13.9. The van der Waals surface area contributed by atoms with Gasteiger partial charge in [0.1, 0.15) is 6.10 Å². The number of carbonyl (C=O) groups excluding carboxylic acids is 1. The number of alkyl halides is 2. The lowest BCUT2D eigenvalue weighted by atomic mass is 9.94. The number of halogens is 2. The summed E-state index contributed by atoms with van der Waals surface area (Å²) in [7, 11) is 0. The fourth-order valence-corrected chi connectivity index (χ4v) is 2.79. The van der Waals surface area contributed by atoms with Crippen molar-refractivity contribution >= 4 is 5.97 Å². The van der Waals surface area contributed by atoms with Crippen molar-refractivity contribution in [3.8, 4) is 0 Å². The molecule has 1 aliphatic carbocycles. The fourth-order valence-electron chi connectivity index (χ4n) is 2.79. The number of nitrogens with one attached hydrogen (secondary N) is 1. The first kappa shape index (κ1) is 14.7. The van der Waals surface area contributed by atoms with E-state index in [0.29, 0.717) is 6.54 Å². The van der Waals surface area contributed by atoms with Gasteiger partial charge >= 0.3 is 11.9 Å². The smallest absolute Gasteiger partial charge is 0.377 e. The highest BCUT2D eigenvalue weighted by Gasteiger charge is 2.50. The average molecular weight is 277 g/mol. The van der Waals surface area contributed by atoms with Crippen molar-refractivity contribution in [3.05, 3.63) is 0 Å². The number of esters is 1. The molecule has 1 aliphatic heterocycles. The van der Waals surface area contributed by atoms with Crippen LogP contribution in [0.4, 0.5) is 8.78 Å². The van der Waals surface area contributed by atoms with Gasteiger partial charge in [-0.2, -0.15) is 8.78 Å². The summed E-state index contributed by atoms with van der Waals surface area (Å²) in [5.41, 5.74) is -0.748. The Bertz CT molecular complexity index is 328. The van der Waals surface area contributed by atoms with Gasteiger partial charge in [-0.3, -0.25) is 0 Å². The summed E-state index contributed by atoms with van der Waals surface area (Å²) in [6.45, 7) is 0.538. The minimum Gasteiger partial charge on any atom is -0.456 e. The zero-order valence-electron chi connectivity index (χ0n) is 11.0. The summed E-state index contributed by atoms with van der Waals surface area (Å²) in [5, 5.41) is 13.3. The average Bonchev–Trinajstić information content (AvgIpc) is 2.51. The molecule has 0 spiro atoms. The zero-order valence-corrected chi connectivity index (χ0v) is 11.0. The van der Waals surface area contributed by atoms with Crippen molar-refractivity contribution in [2.75, 3.05) is 13.1 Å². The maximum absolute atomic E-state index is 12.9. The van der Waals surface area contributed by atoms with E-state index in [1.807, 2.05) is 0 Å². The SMILES string of the molecule is O=C1OC(CNCC2(O)CCCCCC2)CC1(F)F. The number of hydrogen-bond acceptors (Lipinski definition) is 4. The Balaban J connectivity index is 1.73. The molecule has 6 heteroatoms. The summed E-state index contributed by atoms with van der Waals surface area (Å²) in [4.78, 5) is 10.8. The lowest BCUT2D eigenvalue weighted by molar-refractivity contribution is -0.159. The van der Waals surface area contributed by atoms with E-state index in [1.165, 1.54) is 0 Å². The second-order valence-corrected chi connectivity index (χ2v) is 5.71. The molecule has 2 aliphatic rings. The number of ether oxygens (including phenoxy) is 1. The lowest BCUT2D eigenvalue weighted by Crippen LogP contribution is -2.42. The lowest BCUT2D eigenvalue weighted by Gasteiger charge is -2.27. The summed E-state index contributed by atoms with van der Waals surface area (Å²) in [5.74, 6) is -4.79. The van der Waals surface area contributed by atoms with Gasteiger partial charge in [-0.25, -0.2) is 4.79 Å². The van der Waals surface area contributed by atoms with Crippen LogP contribution in [0.15, 0.2) is 0 Å². The van der Waals surface area contributed by atoms with Gasteiger partial charge in [-0.1, -0.05) is 25.7 Å². The van der Waals surface area contributed by atoms with Crippen LogP contribution in [0.25, 0.3) is 0 Å². The van der Waals surface area contributed by atoms with E-state index in [0.717, 1.165) is 38.5 Å². The quantitative estimate of drug-likeness (QED) is 0.605. The number of hydrogen-bond donors (Lipinski definition) is 2. The fraction of sp³-hybridized carbons (Fsp3) is 0.923. The summed E-state index contributed by atoms with van der Waals surface area (Å²) in [6.07, 6.45) is 4.36. The van der Waals surface area contributed by atoms with Gasteiger partial charge in [-0.15, -0.1) is 0 Å². The molecule has 110 valence electrons. The van der Waals surface area contributed by atoms with Gasteiger partial charge in [0.15, 0.2) is 0 Å². The minimum absolute atomic E-state index is 0.170. The van der Waals surface area contributed by atoms with Crippen LogP contribution in [0.2, 0.25) is 0 Å². The first-order valence-corrected chi connectivity index (χ1v) is 6.93. The standard InChI is InChI=1S/C13H21F2NO3/c14-13(15)7-10(19-11(13)17)8-16-9-12(18)5-3-1-2-4-6-12/h10,16,18H,1-9H2. The molecule has 2 rings (SSSR count). The Kier molecular flexibility index (Phi) is 4.40. The molecule has 0 aromatic heterocycles. The van der Waals surface area contributed by atoms with Crippen molar-refractivity contribution in [2.24, 2.45) is 0 Å². The van der Waals surface area contributed by atoms with Crippen LogP contribution in [0.5, 0.6) is 0 Å². The van der Waals surface area contributed by atoms with Crippen LogP contribution in [-0.2, 0) is 9.53 Å². The van der Waals surface area contributed by atoms with Crippen LogP contribution >= 0.6 is 0 Å². The molecule has 0 aromatic rings. The molecule has 1 atom stereocenters. The van der Waals surface area contributed by atoms with Crippen LogP contribution in [0.1, 0.15) is 44.9 Å². The molecule has 0 aromatic carbocycles. The number of cyclic esters (lactones) is 1. The third-order valence-electron chi connectivity index (χ3n) is 3.92. The first-order chi connectivity index (χ1) is 8.91. The molecule has 4 nitrogen and oxygen atoms in total. The minimum atomic E-state index is -3.36. The molecule has 1 heterocycles. The predicted octanol–water partition coefficient (Wildman–Crippen LogP) is 1.61. The van der Waals surface area contributed by atoms with Gasteiger partial charge in [0.05, 0.1) is 12.0 Å². The summed E-state index contributed by atoms with van der Waals surface area (Å²) >= 11 is 0. The molecule has 2 N–H and O–H groups in total. The molecule has 1 unspecified atom stereocenters. The third kappa shape index (κ3) is 3.86. The molecule has 1 saturated heterocycles. The molecule has 0 bridgehead atoms. The second-order valence-electron chi connectivity index (χ2n) is 5.71. The summed E-state index contributed by atoms with van der Waals surface area (Å²) in [6, 6.07) is 0. The van der Waals surface area contributed by atoms with E-state index in [4.69, 9.17) is 0 Å². The molecular formula is C13H21F2NO3.